The highest BCUT2D eigenvalue weighted by molar-refractivity contribution is 4.85. The third-order valence-electron chi connectivity index (χ3n) is 1.13. The highest BCUT2D eigenvalue weighted by atomic mass is 16.5. The molecule has 3 nitrogen and oxygen atoms in total. The van der Waals surface area contributed by atoms with Crippen molar-refractivity contribution >= 4 is 0 Å². The van der Waals surface area contributed by atoms with E-state index in [1.807, 2.05) is 20.8 Å². The molecule has 1 heterocycles. The molecule has 0 aromatic carbocycles. The van der Waals surface area contributed by atoms with Gasteiger partial charge in [0.1, 0.15) is 12.4 Å². The van der Waals surface area contributed by atoms with Crippen molar-refractivity contribution in [1.29, 1.82) is 0 Å². The first-order valence-electron chi connectivity index (χ1n) is 3.59. The Labute approximate surface area is 66.4 Å². The molecule has 0 amide bonds. The average molecular weight is 155 g/mol. The van der Waals surface area contributed by atoms with Gasteiger partial charge in [0.25, 0.3) is 0 Å². The van der Waals surface area contributed by atoms with E-state index in [2.05, 4.69) is 4.98 Å². The number of rotatable bonds is 2. The van der Waals surface area contributed by atoms with E-state index < -0.39 is 0 Å². The van der Waals surface area contributed by atoms with Crippen molar-refractivity contribution in [3.63, 3.8) is 0 Å². The molecule has 62 valence electrons. The predicted octanol–water partition coefficient (Wildman–Crippen LogP) is 1.99. The molecule has 0 aliphatic carbocycles. The van der Waals surface area contributed by atoms with E-state index in [9.17, 15) is 0 Å². The molecule has 0 saturated heterocycles. The van der Waals surface area contributed by atoms with Crippen LogP contribution in [0.1, 0.15) is 26.5 Å². The Morgan fingerprint density at radius 1 is 1.55 bits per heavy atom. The van der Waals surface area contributed by atoms with Gasteiger partial charge in [0, 0.05) is 0 Å². The first kappa shape index (κ1) is 8.27. The van der Waals surface area contributed by atoms with E-state index in [1.165, 1.54) is 6.39 Å². The zero-order valence-electron chi connectivity index (χ0n) is 7.13. The Balaban J connectivity index is 2.35. The van der Waals surface area contributed by atoms with Gasteiger partial charge in [-0.3, -0.25) is 0 Å². The Morgan fingerprint density at radius 2 is 2.27 bits per heavy atom. The number of nitrogens with zero attached hydrogens (tertiary/aromatic N) is 1. The smallest absolute Gasteiger partial charge is 0.180 e. The zero-order chi connectivity index (χ0) is 8.32. The fraction of sp³-hybridized carbons (Fsp3) is 0.625. The number of hydrogen-bond acceptors (Lipinski definition) is 3. The summed E-state index contributed by atoms with van der Waals surface area (Å²) < 4.78 is 10.4. The molecule has 0 saturated carbocycles. The summed E-state index contributed by atoms with van der Waals surface area (Å²) in [4.78, 5) is 3.78. The molecular formula is C8H13NO2. The molecule has 0 radical (unpaired) electrons. The maximum absolute atomic E-state index is 5.44. The van der Waals surface area contributed by atoms with Crippen molar-refractivity contribution in [3.8, 4) is 0 Å². The highest BCUT2D eigenvalue weighted by Crippen LogP contribution is 2.10. The molecule has 0 spiro atoms. The maximum Gasteiger partial charge on any atom is 0.180 e. The van der Waals surface area contributed by atoms with Crippen LogP contribution in [0, 0.1) is 0 Å². The lowest BCUT2D eigenvalue weighted by atomic mass is 10.2. The van der Waals surface area contributed by atoms with Crippen LogP contribution < -0.4 is 0 Å². The van der Waals surface area contributed by atoms with E-state index in [0.29, 0.717) is 6.61 Å². The normalized spacial score (nSPS) is 11.9. The predicted molar refractivity (Wildman–Crippen MR) is 41.0 cm³/mol. The van der Waals surface area contributed by atoms with Gasteiger partial charge in [-0.25, -0.2) is 4.98 Å². The van der Waals surface area contributed by atoms with E-state index in [1.54, 1.807) is 6.20 Å². The van der Waals surface area contributed by atoms with Crippen LogP contribution in [0.5, 0.6) is 0 Å². The van der Waals surface area contributed by atoms with Gasteiger partial charge in [-0.15, -0.1) is 0 Å². The number of hydrogen-bond donors (Lipinski definition) is 0. The van der Waals surface area contributed by atoms with Crippen molar-refractivity contribution in [2.24, 2.45) is 0 Å². The minimum atomic E-state index is -0.118. The van der Waals surface area contributed by atoms with Crippen molar-refractivity contribution < 1.29 is 9.15 Å². The molecule has 0 aliphatic rings. The van der Waals surface area contributed by atoms with Gasteiger partial charge in [-0.05, 0) is 20.8 Å². The summed E-state index contributed by atoms with van der Waals surface area (Å²) in [5, 5.41) is 0. The van der Waals surface area contributed by atoms with Gasteiger partial charge >= 0.3 is 0 Å². The second kappa shape index (κ2) is 3.05. The van der Waals surface area contributed by atoms with E-state index >= 15 is 0 Å². The van der Waals surface area contributed by atoms with E-state index in [-0.39, 0.29) is 5.60 Å². The molecular weight excluding hydrogens is 142 g/mol. The van der Waals surface area contributed by atoms with Gasteiger partial charge in [0.05, 0.1) is 11.8 Å². The molecule has 0 fully saturated rings. The molecule has 0 N–H and O–H groups in total. The number of aromatic nitrogens is 1. The third-order valence-corrected chi connectivity index (χ3v) is 1.13. The summed E-state index contributed by atoms with van der Waals surface area (Å²) in [5.41, 5.74) is -0.118. The van der Waals surface area contributed by atoms with Crippen LogP contribution in [0.2, 0.25) is 0 Å². The van der Waals surface area contributed by atoms with Gasteiger partial charge in [-0.1, -0.05) is 0 Å². The van der Waals surface area contributed by atoms with Crippen LogP contribution in [0.15, 0.2) is 17.0 Å². The molecule has 1 rings (SSSR count). The lowest BCUT2D eigenvalue weighted by Crippen LogP contribution is -2.18. The van der Waals surface area contributed by atoms with Crippen molar-refractivity contribution in [3.05, 3.63) is 18.4 Å². The fourth-order valence-electron chi connectivity index (χ4n) is 0.601. The Hall–Kier alpha value is -0.830. The summed E-state index contributed by atoms with van der Waals surface area (Å²) >= 11 is 0. The summed E-state index contributed by atoms with van der Waals surface area (Å²) in [6.45, 7) is 6.50. The number of oxazole rings is 1. The molecule has 1 aromatic heterocycles. The van der Waals surface area contributed by atoms with Gasteiger partial charge < -0.3 is 9.15 Å². The summed E-state index contributed by atoms with van der Waals surface area (Å²) in [6, 6.07) is 0. The van der Waals surface area contributed by atoms with Crippen LogP contribution in [0.4, 0.5) is 0 Å². The second-order valence-corrected chi connectivity index (χ2v) is 3.37. The van der Waals surface area contributed by atoms with E-state index in [4.69, 9.17) is 9.15 Å². The van der Waals surface area contributed by atoms with Crippen LogP contribution in [-0.2, 0) is 11.3 Å². The minimum Gasteiger partial charge on any atom is -0.446 e. The summed E-state index contributed by atoms with van der Waals surface area (Å²) in [7, 11) is 0. The number of ether oxygens (including phenoxy) is 1. The van der Waals surface area contributed by atoms with Crippen molar-refractivity contribution in [2.45, 2.75) is 33.0 Å². The van der Waals surface area contributed by atoms with E-state index in [0.717, 1.165) is 5.76 Å². The first-order chi connectivity index (χ1) is 5.08. The lowest BCUT2D eigenvalue weighted by molar-refractivity contribution is -0.0224. The molecule has 0 atom stereocenters. The maximum atomic E-state index is 5.44. The zero-order valence-corrected chi connectivity index (χ0v) is 7.13. The quantitative estimate of drug-likeness (QED) is 0.655. The molecule has 0 aliphatic heterocycles. The largest absolute Gasteiger partial charge is 0.446 e. The average Bonchev–Trinajstić information content (AvgIpc) is 2.32. The van der Waals surface area contributed by atoms with Crippen LogP contribution in [-0.4, -0.2) is 10.6 Å². The molecule has 3 heteroatoms. The van der Waals surface area contributed by atoms with Gasteiger partial charge in [0.2, 0.25) is 0 Å². The monoisotopic (exact) mass is 155 g/mol. The highest BCUT2D eigenvalue weighted by Gasteiger charge is 2.10. The third kappa shape index (κ3) is 3.18. The topological polar surface area (TPSA) is 35.3 Å². The standard InChI is InChI=1S/C8H13NO2/c1-8(2,3)11-5-7-4-9-6-10-7/h4,6H,5H2,1-3H3. The fourth-order valence-corrected chi connectivity index (χ4v) is 0.601. The van der Waals surface area contributed by atoms with Crippen LogP contribution in [0.25, 0.3) is 0 Å². The molecule has 1 aromatic rings. The Bertz CT molecular complexity index is 198. The molecule has 0 unspecified atom stereocenters. The van der Waals surface area contributed by atoms with Crippen LogP contribution in [0.3, 0.4) is 0 Å². The van der Waals surface area contributed by atoms with Crippen LogP contribution >= 0.6 is 0 Å². The Morgan fingerprint density at radius 3 is 2.73 bits per heavy atom. The van der Waals surface area contributed by atoms with Crippen molar-refractivity contribution in [2.75, 3.05) is 0 Å². The summed E-state index contributed by atoms with van der Waals surface area (Å²) in [6.07, 6.45) is 3.06. The Kier molecular flexibility index (Phi) is 2.29. The minimum absolute atomic E-state index is 0.118. The second-order valence-electron chi connectivity index (χ2n) is 3.37. The first-order valence-corrected chi connectivity index (χ1v) is 3.59. The lowest BCUT2D eigenvalue weighted by Gasteiger charge is -2.17. The van der Waals surface area contributed by atoms with Crippen molar-refractivity contribution in [1.82, 2.24) is 4.98 Å². The molecule has 0 bridgehead atoms. The van der Waals surface area contributed by atoms with Gasteiger partial charge in [0.15, 0.2) is 6.39 Å². The molecule has 11 heavy (non-hydrogen) atoms. The summed E-state index contributed by atoms with van der Waals surface area (Å²) in [5.74, 6) is 0.764. The van der Waals surface area contributed by atoms with Gasteiger partial charge in [-0.2, -0.15) is 0 Å². The SMILES string of the molecule is CC(C)(C)OCc1cnco1.